The zero-order valence-corrected chi connectivity index (χ0v) is 13.5. The summed E-state index contributed by atoms with van der Waals surface area (Å²) < 4.78 is 10.1. The molecule has 23 heavy (non-hydrogen) atoms. The van der Waals surface area contributed by atoms with Gasteiger partial charge in [0.2, 0.25) is 0 Å². The molecule has 1 aromatic rings. The molecule has 0 saturated carbocycles. The van der Waals surface area contributed by atoms with E-state index in [0.717, 1.165) is 0 Å². The fourth-order valence-corrected chi connectivity index (χ4v) is 1.82. The Balaban J connectivity index is 2.73. The van der Waals surface area contributed by atoms with Gasteiger partial charge in [-0.3, -0.25) is 9.59 Å². The lowest BCUT2D eigenvalue weighted by atomic mass is 10.0. The second-order valence-corrected chi connectivity index (χ2v) is 5.23. The van der Waals surface area contributed by atoms with E-state index >= 15 is 0 Å². The van der Waals surface area contributed by atoms with Gasteiger partial charge in [-0.1, -0.05) is 13.8 Å². The zero-order chi connectivity index (χ0) is 17.4. The Labute approximate surface area is 135 Å². The number of rotatable bonds is 8. The van der Waals surface area contributed by atoms with Crippen LogP contribution in [0.5, 0.6) is 5.75 Å². The molecule has 2 amide bonds. The maximum absolute atomic E-state index is 12.2. The Kier molecular flexibility index (Phi) is 7.05. The van der Waals surface area contributed by atoms with Crippen molar-refractivity contribution in [3.05, 3.63) is 29.8 Å². The molecule has 1 aromatic carbocycles. The highest BCUT2D eigenvalue weighted by Crippen LogP contribution is 2.13. The molecule has 0 aliphatic carbocycles. The zero-order valence-electron chi connectivity index (χ0n) is 13.5. The van der Waals surface area contributed by atoms with Gasteiger partial charge in [-0.05, 0) is 37.1 Å². The van der Waals surface area contributed by atoms with Crippen LogP contribution >= 0.6 is 0 Å². The largest absolute Gasteiger partial charge is 0.494 e. The predicted molar refractivity (Wildman–Crippen MR) is 83.9 cm³/mol. The first-order valence-corrected chi connectivity index (χ1v) is 7.33. The highest BCUT2D eigenvalue weighted by Gasteiger charge is 2.26. The number of nitrogens with two attached hydrogens (primary N) is 1. The summed E-state index contributed by atoms with van der Waals surface area (Å²) in [6.07, 6.45) is 0. The van der Waals surface area contributed by atoms with E-state index in [1.807, 2.05) is 6.92 Å². The molecule has 126 valence electrons. The number of hydrogen-bond donors (Lipinski definition) is 2. The number of carbonyl (C=O) groups is 3. The monoisotopic (exact) mass is 322 g/mol. The second kappa shape index (κ2) is 8.77. The van der Waals surface area contributed by atoms with Crippen molar-refractivity contribution in [2.24, 2.45) is 11.7 Å². The lowest BCUT2D eigenvalue weighted by Gasteiger charge is -2.20. The first-order chi connectivity index (χ1) is 10.8. The van der Waals surface area contributed by atoms with Crippen molar-refractivity contribution in [1.82, 2.24) is 5.32 Å². The van der Waals surface area contributed by atoms with Gasteiger partial charge in [-0.25, -0.2) is 4.79 Å². The average Bonchev–Trinajstić information content (AvgIpc) is 2.50. The van der Waals surface area contributed by atoms with Gasteiger partial charge in [0, 0.05) is 5.56 Å². The van der Waals surface area contributed by atoms with Crippen molar-refractivity contribution in [3.63, 3.8) is 0 Å². The molecule has 0 aliphatic rings. The number of carbonyl (C=O) groups excluding carboxylic acids is 3. The Hall–Kier alpha value is -2.57. The van der Waals surface area contributed by atoms with Gasteiger partial charge < -0.3 is 20.5 Å². The lowest BCUT2D eigenvalue weighted by molar-refractivity contribution is -0.150. The Morgan fingerprint density at radius 3 is 2.26 bits per heavy atom. The summed E-state index contributed by atoms with van der Waals surface area (Å²) in [5.41, 5.74) is 5.32. The Morgan fingerprint density at radius 1 is 1.17 bits per heavy atom. The van der Waals surface area contributed by atoms with Crippen LogP contribution in [0.25, 0.3) is 0 Å². The maximum Gasteiger partial charge on any atom is 0.329 e. The highest BCUT2D eigenvalue weighted by molar-refractivity contribution is 5.97. The average molecular weight is 322 g/mol. The SMILES string of the molecule is CCOc1ccc(C(=O)N[C@H](C(=O)OCC(N)=O)C(C)C)cc1. The number of esters is 1. The molecule has 0 fully saturated rings. The Morgan fingerprint density at radius 2 is 1.78 bits per heavy atom. The van der Waals surface area contributed by atoms with Crippen molar-refractivity contribution in [3.8, 4) is 5.75 Å². The van der Waals surface area contributed by atoms with Crippen molar-refractivity contribution < 1.29 is 23.9 Å². The van der Waals surface area contributed by atoms with Gasteiger partial charge in [0.15, 0.2) is 6.61 Å². The normalized spacial score (nSPS) is 11.7. The van der Waals surface area contributed by atoms with Gasteiger partial charge in [0.05, 0.1) is 6.61 Å². The van der Waals surface area contributed by atoms with E-state index in [0.29, 0.717) is 17.9 Å². The predicted octanol–water partition coefficient (Wildman–Crippen LogP) is 0.868. The lowest BCUT2D eigenvalue weighted by Crippen LogP contribution is -2.46. The van der Waals surface area contributed by atoms with Gasteiger partial charge in [-0.15, -0.1) is 0 Å². The van der Waals surface area contributed by atoms with Crippen molar-refractivity contribution in [2.45, 2.75) is 26.8 Å². The van der Waals surface area contributed by atoms with E-state index in [1.165, 1.54) is 0 Å². The van der Waals surface area contributed by atoms with Crippen LogP contribution < -0.4 is 15.8 Å². The molecule has 0 radical (unpaired) electrons. The van der Waals surface area contributed by atoms with Crippen LogP contribution in [0.1, 0.15) is 31.1 Å². The van der Waals surface area contributed by atoms with E-state index in [2.05, 4.69) is 5.32 Å². The van der Waals surface area contributed by atoms with E-state index in [4.69, 9.17) is 15.2 Å². The fourth-order valence-electron chi connectivity index (χ4n) is 1.82. The van der Waals surface area contributed by atoms with Gasteiger partial charge in [0.25, 0.3) is 11.8 Å². The molecule has 0 bridgehead atoms. The summed E-state index contributed by atoms with van der Waals surface area (Å²) >= 11 is 0. The third-order valence-corrected chi connectivity index (χ3v) is 2.99. The molecule has 0 aliphatic heterocycles. The first kappa shape index (κ1) is 18.5. The fraction of sp³-hybridized carbons (Fsp3) is 0.438. The van der Waals surface area contributed by atoms with Crippen molar-refractivity contribution in [1.29, 1.82) is 0 Å². The molecule has 1 atom stereocenters. The minimum atomic E-state index is -0.867. The quantitative estimate of drug-likeness (QED) is 0.690. The van der Waals surface area contributed by atoms with Gasteiger partial charge in [-0.2, -0.15) is 0 Å². The number of hydrogen-bond acceptors (Lipinski definition) is 5. The maximum atomic E-state index is 12.2. The van der Waals surface area contributed by atoms with E-state index in [1.54, 1.807) is 38.1 Å². The Bertz CT molecular complexity index is 554. The van der Waals surface area contributed by atoms with Crippen LogP contribution in [-0.4, -0.2) is 37.0 Å². The molecular weight excluding hydrogens is 300 g/mol. The number of primary amides is 1. The molecule has 0 saturated heterocycles. The van der Waals surface area contributed by atoms with Crippen LogP contribution in [0.3, 0.4) is 0 Å². The van der Waals surface area contributed by atoms with Gasteiger partial charge >= 0.3 is 5.97 Å². The van der Waals surface area contributed by atoms with Crippen LogP contribution in [0.2, 0.25) is 0 Å². The minimum Gasteiger partial charge on any atom is -0.494 e. The van der Waals surface area contributed by atoms with Crippen LogP contribution in [-0.2, 0) is 14.3 Å². The number of ether oxygens (including phenoxy) is 2. The molecule has 3 N–H and O–H groups in total. The molecule has 0 spiro atoms. The second-order valence-electron chi connectivity index (χ2n) is 5.23. The van der Waals surface area contributed by atoms with E-state index in [-0.39, 0.29) is 5.92 Å². The molecule has 7 nitrogen and oxygen atoms in total. The number of nitrogens with one attached hydrogen (secondary N) is 1. The van der Waals surface area contributed by atoms with Crippen molar-refractivity contribution in [2.75, 3.05) is 13.2 Å². The van der Waals surface area contributed by atoms with Crippen molar-refractivity contribution >= 4 is 17.8 Å². The summed E-state index contributed by atoms with van der Waals surface area (Å²) in [5.74, 6) is -1.41. The smallest absolute Gasteiger partial charge is 0.329 e. The molecular formula is C16H22N2O5. The topological polar surface area (TPSA) is 108 Å². The summed E-state index contributed by atoms with van der Waals surface area (Å²) in [6.45, 7) is 5.41. The van der Waals surface area contributed by atoms with Crippen LogP contribution in [0, 0.1) is 5.92 Å². The standard InChI is InChI=1S/C16H22N2O5/c1-4-22-12-7-5-11(6-8-12)15(20)18-14(10(2)3)16(21)23-9-13(17)19/h5-8,10,14H,4,9H2,1-3H3,(H2,17,19)(H,18,20)/t14-/m0/s1. The summed E-state index contributed by atoms with van der Waals surface area (Å²) in [7, 11) is 0. The molecule has 1 rings (SSSR count). The van der Waals surface area contributed by atoms with E-state index < -0.39 is 30.4 Å². The van der Waals surface area contributed by atoms with Crippen LogP contribution in [0.15, 0.2) is 24.3 Å². The number of amides is 2. The molecule has 0 heterocycles. The first-order valence-electron chi connectivity index (χ1n) is 7.33. The van der Waals surface area contributed by atoms with Crippen LogP contribution in [0.4, 0.5) is 0 Å². The minimum absolute atomic E-state index is 0.206. The summed E-state index contributed by atoms with van der Waals surface area (Å²) in [6, 6.07) is 5.69. The third kappa shape index (κ3) is 5.98. The summed E-state index contributed by atoms with van der Waals surface area (Å²) in [4.78, 5) is 34.8. The molecule has 0 aromatic heterocycles. The van der Waals surface area contributed by atoms with E-state index in [9.17, 15) is 14.4 Å². The highest BCUT2D eigenvalue weighted by atomic mass is 16.5. The molecule has 0 unspecified atom stereocenters. The van der Waals surface area contributed by atoms with Gasteiger partial charge in [0.1, 0.15) is 11.8 Å². The molecule has 7 heteroatoms. The third-order valence-electron chi connectivity index (χ3n) is 2.99. The number of benzene rings is 1. The summed E-state index contributed by atoms with van der Waals surface area (Å²) in [5, 5.41) is 2.60.